The first kappa shape index (κ1) is 16.2. The first-order valence-electron chi connectivity index (χ1n) is 6.97. The van der Waals surface area contributed by atoms with E-state index < -0.39 is 0 Å². The molecule has 0 aliphatic carbocycles. The predicted octanol–water partition coefficient (Wildman–Crippen LogP) is 3.84. The van der Waals surface area contributed by atoms with Crippen LogP contribution in [-0.2, 0) is 10.5 Å². The van der Waals surface area contributed by atoms with Crippen molar-refractivity contribution in [3.63, 3.8) is 0 Å². The number of rotatable bonds is 9. The Morgan fingerprint density at radius 1 is 1.37 bits per heavy atom. The fourth-order valence-corrected chi connectivity index (χ4v) is 2.60. The molecule has 19 heavy (non-hydrogen) atoms. The van der Waals surface area contributed by atoms with Crippen LogP contribution in [0, 0.1) is 5.92 Å². The Labute approximate surface area is 120 Å². The van der Waals surface area contributed by atoms with Crippen molar-refractivity contribution in [3.8, 4) is 0 Å². The third-order valence-electron chi connectivity index (χ3n) is 2.88. The number of hydrogen-bond acceptors (Lipinski definition) is 3. The van der Waals surface area contributed by atoms with Crippen molar-refractivity contribution in [2.45, 2.75) is 51.8 Å². The van der Waals surface area contributed by atoms with Gasteiger partial charge >= 0.3 is 0 Å². The Kier molecular flexibility index (Phi) is 7.72. The predicted molar refractivity (Wildman–Crippen MR) is 81.2 cm³/mol. The molecule has 1 aromatic heterocycles. The maximum absolute atomic E-state index is 11.7. The summed E-state index contributed by atoms with van der Waals surface area (Å²) < 4.78 is 5.22. The van der Waals surface area contributed by atoms with E-state index in [0.29, 0.717) is 5.75 Å². The molecule has 108 valence electrons. The van der Waals surface area contributed by atoms with Crippen molar-refractivity contribution in [2.24, 2.45) is 5.92 Å². The molecule has 1 amide bonds. The van der Waals surface area contributed by atoms with Gasteiger partial charge in [0.2, 0.25) is 5.91 Å². The molecule has 0 saturated heterocycles. The molecule has 1 aromatic rings. The number of hydrogen-bond donors (Lipinski definition) is 1. The summed E-state index contributed by atoms with van der Waals surface area (Å²) in [5.41, 5.74) is 0. The number of carbonyl (C=O) groups excluding carboxylic acids is 1. The van der Waals surface area contributed by atoms with Crippen LogP contribution in [0.4, 0.5) is 0 Å². The minimum absolute atomic E-state index is 0.119. The highest BCUT2D eigenvalue weighted by atomic mass is 32.2. The highest BCUT2D eigenvalue weighted by Gasteiger charge is 2.08. The van der Waals surface area contributed by atoms with Crippen molar-refractivity contribution < 1.29 is 9.21 Å². The number of thioether (sulfide) groups is 1. The van der Waals surface area contributed by atoms with E-state index in [9.17, 15) is 4.79 Å². The monoisotopic (exact) mass is 283 g/mol. The molecule has 0 aliphatic heterocycles. The average molecular weight is 283 g/mol. The summed E-state index contributed by atoms with van der Waals surface area (Å²) in [7, 11) is 0. The fourth-order valence-electron chi connectivity index (χ4n) is 1.86. The van der Waals surface area contributed by atoms with E-state index in [1.54, 1.807) is 18.0 Å². The van der Waals surface area contributed by atoms with Crippen LogP contribution in [0.2, 0.25) is 0 Å². The summed E-state index contributed by atoms with van der Waals surface area (Å²) in [5, 5.41) is 3.04. The Morgan fingerprint density at radius 3 is 2.79 bits per heavy atom. The second kappa shape index (κ2) is 9.08. The van der Waals surface area contributed by atoms with Crippen LogP contribution in [0.1, 0.15) is 45.8 Å². The van der Waals surface area contributed by atoms with Gasteiger partial charge in [-0.15, -0.1) is 11.8 Å². The van der Waals surface area contributed by atoms with Gasteiger partial charge in [-0.05, 0) is 31.4 Å². The summed E-state index contributed by atoms with van der Waals surface area (Å²) in [6.07, 6.45) is 5.13. The standard InChI is InChI=1S/C15H25NO2S/c1-12(2)6-4-7-13(3)16-15(17)11-19-10-14-8-5-9-18-14/h5,8-9,12-13H,4,6-7,10-11H2,1-3H3,(H,16,17). The largest absolute Gasteiger partial charge is 0.468 e. The van der Waals surface area contributed by atoms with Crippen LogP contribution in [-0.4, -0.2) is 17.7 Å². The molecule has 0 radical (unpaired) electrons. The van der Waals surface area contributed by atoms with Gasteiger partial charge in [-0.1, -0.05) is 26.7 Å². The van der Waals surface area contributed by atoms with Crippen molar-refractivity contribution in [1.82, 2.24) is 5.32 Å². The van der Waals surface area contributed by atoms with Crippen LogP contribution >= 0.6 is 11.8 Å². The van der Waals surface area contributed by atoms with Gasteiger partial charge in [0.1, 0.15) is 5.76 Å². The Bertz CT molecular complexity index is 349. The summed E-state index contributed by atoms with van der Waals surface area (Å²) in [6, 6.07) is 4.07. The van der Waals surface area contributed by atoms with E-state index in [1.807, 2.05) is 12.1 Å². The molecule has 3 nitrogen and oxygen atoms in total. The first-order chi connectivity index (χ1) is 9.08. The van der Waals surface area contributed by atoms with E-state index in [-0.39, 0.29) is 11.9 Å². The first-order valence-corrected chi connectivity index (χ1v) is 8.13. The molecule has 1 N–H and O–H groups in total. The quantitative estimate of drug-likeness (QED) is 0.748. The summed E-state index contributed by atoms with van der Waals surface area (Å²) in [4.78, 5) is 11.7. The van der Waals surface area contributed by atoms with Crippen LogP contribution in [0.5, 0.6) is 0 Å². The zero-order valence-corrected chi connectivity index (χ0v) is 13.0. The summed E-state index contributed by atoms with van der Waals surface area (Å²) >= 11 is 1.58. The van der Waals surface area contributed by atoms with E-state index in [4.69, 9.17) is 4.42 Å². The molecule has 4 heteroatoms. The minimum atomic E-state index is 0.119. The highest BCUT2D eigenvalue weighted by molar-refractivity contribution is 7.99. The third-order valence-corrected chi connectivity index (χ3v) is 3.84. The third kappa shape index (κ3) is 7.98. The SMILES string of the molecule is CC(C)CCCC(C)NC(=O)CSCc1ccco1. The lowest BCUT2D eigenvalue weighted by molar-refractivity contribution is -0.119. The number of carbonyl (C=O) groups is 1. The maximum Gasteiger partial charge on any atom is 0.230 e. The van der Waals surface area contributed by atoms with E-state index in [0.717, 1.165) is 23.9 Å². The zero-order chi connectivity index (χ0) is 14.1. The maximum atomic E-state index is 11.7. The number of furan rings is 1. The minimum Gasteiger partial charge on any atom is -0.468 e. The van der Waals surface area contributed by atoms with Crippen LogP contribution in [0.3, 0.4) is 0 Å². The number of nitrogens with one attached hydrogen (secondary N) is 1. The number of amides is 1. The molecule has 0 bridgehead atoms. The smallest absolute Gasteiger partial charge is 0.230 e. The second-order valence-corrected chi connectivity index (χ2v) is 6.35. The van der Waals surface area contributed by atoms with Crippen LogP contribution < -0.4 is 5.32 Å². The van der Waals surface area contributed by atoms with Crippen molar-refractivity contribution in [1.29, 1.82) is 0 Å². The van der Waals surface area contributed by atoms with Gasteiger partial charge in [0.15, 0.2) is 0 Å². The second-order valence-electron chi connectivity index (χ2n) is 5.37. The van der Waals surface area contributed by atoms with E-state index in [1.165, 1.54) is 12.8 Å². The molecule has 1 heterocycles. The average Bonchev–Trinajstić information content (AvgIpc) is 2.81. The summed E-state index contributed by atoms with van der Waals surface area (Å²) in [5.74, 6) is 3.03. The van der Waals surface area contributed by atoms with Gasteiger partial charge in [0.25, 0.3) is 0 Å². The lowest BCUT2D eigenvalue weighted by atomic mass is 10.0. The molecular weight excluding hydrogens is 258 g/mol. The molecule has 1 rings (SSSR count). The van der Waals surface area contributed by atoms with Crippen LogP contribution in [0.15, 0.2) is 22.8 Å². The Hall–Kier alpha value is -0.900. The van der Waals surface area contributed by atoms with Crippen LogP contribution in [0.25, 0.3) is 0 Å². The topological polar surface area (TPSA) is 42.2 Å². The van der Waals surface area contributed by atoms with Gasteiger partial charge in [-0.3, -0.25) is 4.79 Å². The van der Waals surface area contributed by atoms with Gasteiger partial charge in [-0.25, -0.2) is 0 Å². The molecule has 0 aromatic carbocycles. The molecule has 0 spiro atoms. The van der Waals surface area contributed by atoms with Gasteiger partial charge in [0.05, 0.1) is 17.8 Å². The fraction of sp³-hybridized carbons (Fsp3) is 0.667. The Balaban J connectivity index is 2.06. The lowest BCUT2D eigenvalue weighted by Crippen LogP contribution is -2.33. The Morgan fingerprint density at radius 2 is 2.16 bits per heavy atom. The molecule has 1 atom stereocenters. The van der Waals surface area contributed by atoms with Gasteiger partial charge in [-0.2, -0.15) is 0 Å². The lowest BCUT2D eigenvalue weighted by Gasteiger charge is -2.14. The van der Waals surface area contributed by atoms with Gasteiger partial charge < -0.3 is 9.73 Å². The molecule has 0 aliphatic rings. The molecule has 0 fully saturated rings. The molecule has 0 saturated carbocycles. The molecular formula is C15H25NO2S. The highest BCUT2D eigenvalue weighted by Crippen LogP contribution is 2.12. The molecule has 1 unspecified atom stereocenters. The van der Waals surface area contributed by atoms with Crippen molar-refractivity contribution in [3.05, 3.63) is 24.2 Å². The van der Waals surface area contributed by atoms with E-state index >= 15 is 0 Å². The zero-order valence-electron chi connectivity index (χ0n) is 12.1. The van der Waals surface area contributed by atoms with Crippen molar-refractivity contribution >= 4 is 17.7 Å². The van der Waals surface area contributed by atoms with E-state index in [2.05, 4.69) is 26.1 Å². The summed E-state index contributed by atoms with van der Waals surface area (Å²) in [6.45, 7) is 6.54. The normalized spacial score (nSPS) is 12.6. The van der Waals surface area contributed by atoms with Gasteiger partial charge in [0, 0.05) is 6.04 Å². The van der Waals surface area contributed by atoms with Crippen molar-refractivity contribution in [2.75, 3.05) is 5.75 Å².